The van der Waals surface area contributed by atoms with Gasteiger partial charge in [-0.2, -0.15) is 0 Å². The molecular formula is C18H20N2O4S. The Morgan fingerprint density at radius 1 is 1.20 bits per heavy atom. The number of ether oxygens (including phenoxy) is 1. The molecule has 1 aliphatic heterocycles. The average Bonchev–Trinajstić information content (AvgIpc) is 2.96. The molecule has 0 spiro atoms. The highest BCUT2D eigenvalue weighted by molar-refractivity contribution is 7.92. The van der Waals surface area contributed by atoms with Crippen molar-refractivity contribution in [1.29, 1.82) is 0 Å². The summed E-state index contributed by atoms with van der Waals surface area (Å²) in [5.41, 5.74) is 1.76. The molecule has 0 aliphatic carbocycles. The SMILES string of the molecule is CNC(=O)COc1ccc(S(=O)(=O)N2c3ccccc3C[C@@H]2C)cc1. The highest BCUT2D eigenvalue weighted by Gasteiger charge is 2.35. The van der Waals surface area contributed by atoms with E-state index >= 15 is 0 Å². The number of carbonyl (C=O) groups excluding carboxylic acids is 1. The summed E-state index contributed by atoms with van der Waals surface area (Å²) >= 11 is 0. The second-order valence-electron chi connectivity index (χ2n) is 5.92. The highest BCUT2D eigenvalue weighted by Crippen LogP contribution is 2.36. The molecule has 1 amide bonds. The number of nitrogens with one attached hydrogen (secondary N) is 1. The van der Waals surface area contributed by atoms with E-state index in [1.807, 2.05) is 31.2 Å². The van der Waals surface area contributed by atoms with E-state index in [-0.39, 0.29) is 23.5 Å². The van der Waals surface area contributed by atoms with E-state index < -0.39 is 10.0 Å². The number of sulfonamides is 1. The number of hydrogen-bond donors (Lipinski definition) is 1. The number of likely N-dealkylation sites (N-methyl/N-ethyl adjacent to an activating group) is 1. The number of rotatable bonds is 5. The molecule has 0 saturated carbocycles. The van der Waals surface area contributed by atoms with Crippen LogP contribution in [0, 0.1) is 0 Å². The average molecular weight is 360 g/mol. The number of fused-ring (bicyclic) bond motifs is 1. The van der Waals surface area contributed by atoms with Gasteiger partial charge in [0.15, 0.2) is 6.61 Å². The van der Waals surface area contributed by atoms with Gasteiger partial charge in [0.25, 0.3) is 15.9 Å². The maximum Gasteiger partial charge on any atom is 0.264 e. The lowest BCUT2D eigenvalue weighted by atomic mass is 10.1. The zero-order chi connectivity index (χ0) is 18.0. The fraction of sp³-hybridized carbons (Fsp3) is 0.278. The van der Waals surface area contributed by atoms with Gasteiger partial charge >= 0.3 is 0 Å². The van der Waals surface area contributed by atoms with Gasteiger partial charge in [0.2, 0.25) is 0 Å². The van der Waals surface area contributed by atoms with E-state index in [0.29, 0.717) is 12.2 Å². The third-order valence-corrected chi connectivity index (χ3v) is 6.12. The minimum absolute atomic E-state index is 0.112. The van der Waals surface area contributed by atoms with Crippen molar-refractivity contribution in [2.24, 2.45) is 0 Å². The Morgan fingerprint density at radius 2 is 1.88 bits per heavy atom. The Morgan fingerprint density at radius 3 is 2.56 bits per heavy atom. The number of amides is 1. The van der Waals surface area contributed by atoms with Crippen LogP contribution in [0.25, 0.3) is 0 Å². The maximum atomic E-state index is 13.1. The number of para-hydroxylation sites is 1. The standard InChI is InChI=1S/C18H20N2O4S/c1-13-11-14-5-3-4-6-17(14)20(13)25(22,23)16-9-7-15(8-10-16)24-12-18(21)19-2/h3-10,13H,11-12H2,1-2H3,(H,19,21)/t13-/m0/s1. The van der Waals surface area contributed by atoms with Gasteiger partial charge < -0.3 is 10.1 Å². The Labute approximate surface area is 147 Å². The molecule has 3 rings (SSSR count). The van der Waals surface area contributed by atoms with Crippen molar-refractivity contribution in [2.45, 2.75) is 24.3 Å². The first-order valence-electron chi connectivity index (χ1n) is 7.99. The van der Waals surface area contributed by atoms with E-state index in [1.165, 1.54) is 23.5 Å². The first-order chi connectivity index (χ1) is 11.9. The van der Waals surface area contributed by atoms with Gasteiger partial charge in [-0.05, 0) is 49.2 Å². The molecule has 132 valence electrons. The minimum Gasteiger partial charge on any atom is -0.484 e. The van der Waals surface area contributed by atoms with Crippen molar-refractivity contribution >= 4 is 21.6 Å². The number of nitrogens with zero attached hydrogens (tertiary/aromatic N) is 1. The van der Waals surface area contributed by atoms with Gasteiger partial charge in [0.1, 0.15) is 5.75 Å². The van der Waals surface area contributed by atoms with Crippen LogP contribution >= 0.6 is 0 Å². The molecule has 2 aromatic rings. The summed E-state index contributed by atoms with van der Waals surface area (Å²) in [6, 6.07) is 13.5. The monoisotopic (exact) mass is 360 g/mol. The lowest BCUT2D eigenvalue weighted by molar-refractivity contribution is -0.122. The van der Waals surface area contributed by atoms with Crippen LogP contribution in [0.5, 0.6) is 5.75 Å². The van der Waals surface area contributed by atoms with Crippen LogP contribution in [0.15, 0.2) is 53.4 Å². The predicted octanol–water partition coefficient (Wildman–Crippen LogP) is 1.95. The fourth-order valence-electron chi connectivity index (χ4n) is 2.95. The van der Waals surface area contributed by atoms with E-state index in [1.54, 1.807) is 12.1 Å². The molecule has 6 nitrogen and oxygen atoms in total. The van der Waals surface area contributed by atoms with Crippen LogP contribution in [0.4, 0.5) is 5.69 Å². The summed E-state index contributed by atoms with van der Waals surface area (Å²) in [5, 5.41) is 2.46. The summed E-state index contributed by atoms with van der Waals surface area (Å²) in [6.07, 6.45) is 0.697. The molecule has 1 heterocycles. The van der Waals surface area contributed by atoms with Gasteiger partial charge in [-0.15, -0.1) is 0 Å². The lowest BCUT2D eigenvalue weighted by Crippen LogP contribution is -2.35. The molecule has 1 aliphatic rings. The Bertz CT molecular complexity index is 878. The molecular weight excluding hydrogens is 340 g/mol. The number of benzene rings is 2. The van der Waals surface area contributed by atoms with Gasteiger partial charge in [0, 0.05) is 13.1 Å². The summed E-state index contributed by atoms with van der Waals surface area (Å²) < 4.78 is 32.9. The lowest BCUT2D eigenvalue weighted by Gasteiger charge is -2.24. The molecule has 0 aromatic heterocycles. The summed E-state index contributed by atoms with van der Waals surface area (Å²) in [4.78, 5) is 11.4. The van der Waals surface area contributed by atoms with Crippen molar-refractivity contribution in [1.82, 2.24) is 5.32 Å². The molecule has 0 fully saturated rings. The van der Waals surface area contributed by atoms with E-state index in [9.17, 15) is 13.2 Å². The van der Waals surface area contributed by atoms with Crippen LogP contribution in [-0.2, 0) is 21.2 Å². The molecule has 0 saturated heterocycles. The first-order valence-corrected chi connectivity index (χ1v) is 9.43. The smallest absolute Gasteiger partial charge is 0.264 e. The van der Waals surface area contributed by atoms with Crippen LogP contribution < -0.4 is 14.4 Å². The number of hydrogen-bond acceptors (Lipinski definition) is 4. The first kappa shape index (κ1) is 17.3. The van der Waals surface area contributed by atoms with E-state index in [4.69, 9.17) is 4.74 Å². The summed E-state index contributed by atoms with van der Waals surface area (Å²) in [6.45, 7) is 1.79. The largest absolute Gasteiger partial charge is 0.484 e. The molecule has 0 bridgehead atoms. The Hall–Kier alpha value is -2.54. The Kier molecular flexibility index (Phi) is 4.67. The second-order valence-corrected chi connectivity index (χ2v) is 7.73. The molecule has 1 atom stereocenters. The molecule has 0 radical (unpaired) electrons. The van der Waals surface area contributed by atoms with Gasteiger partial charge in [0.05, 0.1) is 10.6 Å². The zero-order valence-corrected chi connectivity index (χ0v) is 14.9. The van der Waals surface area contributed by atoms with Crippen LogP contribution in [0.1, 0.15) is 12.5 Å². The van der Waals surface area contributed by atoms with Crippen molar-refractivity contribution in [3.05, 3.63) is 54.1 Å². The third kappa shape index (κ3) is 3.32. The van der Waals surface area contributed by atoms with Gasteiger partial charge in [-0.25, -0.2) is 8.42 Å². The second kappa shape index (κ2) is 6.76. The maximum absolute atomic E-state index is 13.1. The number of anilines is 1. The summed E-state index contributed by atoms with van der Waals surface area (Å²) in [5.74, 6) is 0.191. The Balaban J connectivity index is 1.84. The molecule has 1 N–H and O–H groups in total. The molecule has 7 heteroatoms. The van der Waals surface area contributed by atoms with Crippen LogP contribution in [-0.4, -0.2) is 34.0 Å². The highest BCUT2D eigenvalue weighted by atomic mass is 32.2. The van der Waals surface area contributed by atoms with Crippen molar-refractivity contribution in [3.63, 3.8) is 0 Å². The van der Waals surface area contributed by atoms with Crippen molar-refractivity contribution in [2.75, 3.05) is 18.0 Å². The third-order valence-electron chi connectivity index (χ3n) is 4.17. The minimum atomic E-state index is -3.66. The summed E-state index contributed by atoms with van der Waals surface area (Å²) in [7, 11) is -2.13. The van der Waals surface area contributed by atoms with Gasteiger partial charge in [-0.1, -0.05) is 18.2 Å². The molecule has 25 heavy (non-hydrogen) atoms. The number of carbonyl (C=O) groups is 1. The predicted molar refractivity (Wildman–Crippen MR) is 95.3 cm³/mol. The fourth-order valence-corrected chi connectivity index (χ4v) is 4.64. The topological polar surface area (TPSA) is 75.7 Å². The normalized spacial score (nSPS) is 16.4. The molecule has 2 aromatic carbocycles. The van der Waals surface area contributed by atoms with Gasteiger partial charge in [-0.3, -0.25) is 9.10 Å². The van der Waals surface area contributed by atoms with E-state index in [0.717, 1.165) is 11.3 Å². The van der Waals surface area contributed by atoms with Crippen LogP contribution in [0.3, 0.4) is 0 Å². The van der Waals surface area contributed by atoms with Crippen LogP contribution in [0.2, 0.25) is 0 Å². The van der Waals surface area contributed by atoms with Crippen molar-refractivity contribution in [3.8, 4) is 5.75 Å². The zero-order valence-electron chi connectivity index (χ0n) is 14.1. The van der Waals surface area contributed by atoms with Crippen molar-refractivity contribution < 1.29 is 17.9 Å². The van der Waals surface area contributed by atoms with E-state index in [2.05, 4.69) is 5.32 Å². The molecule has 0 unspecified atom stereocenters. The quantitative estimate of drug-likeness (QED) is 0.884.